The van der Waals surface area contributed by atoms with Gasteiger partial charge in [0.1, 0.15) is 0 Å². The summed E-state index contributed by atoms with van der Waals surface area (Å²) in [5.41, 5.74) is 6.80. The van der Waals surface area contributed by atoms with Crippen molar-refractivity contribution in [1.29, 1.82) is 0 Å². The molecule has 1 aromatic carbocycles. The summed E-state index contributed by atoms with van der Waals surface area (Å²) in [5, 5.41) is 3.61. The van der Waals surface area contributed by atoms with Crippen LogP contribution in [0, 0.1) is 5.92 Å². The second kappa shape index (κ2) is 7.06. The van der Waals surface area contributed by atoms with E-state index >= 15 is 0 Å². The number of halogens is 1. The highest BCUT2D eigenvalue weighted by atomic mass is 35.5. The van der Waals surface area contributed by atoms with Crippen LogP contribution in [-0.4, -0.2) is 16.4 Å². The van der Waals surface area contributed by atoms with Crippen LogP contribution in [-0.2, 0) is 4.79 Å². The zero-order chi connectivity index (χ0) is 14.6. The van der Waals surface area contributed by atoms with Crippen LogP contribution < -0.4 is 11.1 Å². The summed E-state index contributed by atoms with van der Waals surface area (Å²) in [6.45, 7) is 8.34. The normalized spacial score (nSPS) is 14.2. The first-order valence-corrected chi connectivity index (χ1v) is 7.64. The van der Waals surface area contributed by atoms with Gasteiger partial charge in [0.25, 0.3) is 0 Å². The van der Waals surface area contributed by atoms with Crippen molar-refractivity contribution in [2.45, 2.75) is 38.2 Å². The summed E-state index contributed by atoms with van der Waals surface area (Å²) < 4.78 is 0. The predicted molar refractivity (Wildman–Crippen MR) is 85.8 cm³/mol. The highest BCUT2D eigenvalue weighted by Gasteiger charge is 2.19. The Bertz CT molecular complexity index is 451. The first-order chi connectivity index (χ1) is 8.81. The number of nitrogen functional groups attached to an aromatic ring is 1. The van der Waals surface area contributed by atoms with Gasteiger partial charge in [-0.3, -0.25) is 4.79 Å². The smallest absolute Gasteiger partial charge is 0.237 e. The van der Waals surface area contributed by atoms with Gasteiger partial charge in [0.15, 0.2) is 0 Å². The zero-order valence-corrected chi connectivity index (χ0v) is 13.3. The highest BCUT2D eigenvalue weighted by molar-refractivity contribution is 8.01. The molecule has 19 heavy (non-hydrogen) atoms. The minimum absolute atomic E-state index is 0.0378. The maximum absolute atomic E-state index is 12.1. The van der Waals surface area contributed by atoms with Crippen molar-refractivity contribution in [3.8, 4) is 0 Å². The molecule has 1 rings (SSSR count). The van der Waals surface area contributed by atoms with E-state index in [1.54, 1.807) is 30.0 Å². The van der Waals surface area contributed by atoms with Crippen LogP contribution in [0.1, 0.15) is 27.7 Å². The third kappa shape index (κ3) is 4.96. The summed E-state index contributed by atoms with van der Waals surface area (Å²) in [4.78, 5) is 12.1. The Morgan fingerprint density at radius 3 is 2.47 bits per heavy atom. The van der Waals surface area contributed by atoms with Gasteiger partial charge in [-0.2, -0.15) is 0 Å². The Morgan fingerprint density at radius 1 is 1.32 bits per heavy atom. The first-order valence-electron chi connectivity index (χ1n) is 6.32. The largest absolute Gasteiger partial charge is 0.399 e. The molecule has 106 valence electrons. The molecule has 5 heteroatoms. The lowest BCUT2D eigenvalue weighted by Crippen LogP contribution is -2.25. The first kappa shape index (κ1) is 16.2. The minimum Gasteiger partial charge on any atom is -0.399 e. The molecule has 0 aliphatic heterocycles. The second-order valence-corrected chi connectivity index (χ2v) is 7.09. The van der Waals surface area contributed by atoms with E-state index in [0.29, 0.717) is 27.6 Å². The molecule has 2 atom stereocenters. The number of hydrogen-bond donors (Lipinski definition) is 2. The fourth-order valence-electron chi connectivity index (χ4n) is 1.41. The van der Waals surface area contributed by atoms with Gasteiger partial charge < -0.3 is 11.1 Å². The Balaban J connectivity index is 2.63. The fourth-order valence-corrected chi connectivity index (χ4v) is 2.78. The van der Waals surface area contributed by atoms with Crippen LogP contribution in [0.5, 0.6) is 0 Å². The number of anilines is 2. The van der Waals surface area contributed by atoms with Gasteiger partial charge in [0, 0.05) is 10.9 Å². The number of thioether (sulfide) groups is 1. The minimum atomic E-state index is -0.119. The molecule has 0 aromatic heterocycles. The zero-order valence-electron chi connectivity index (χ0n) is 11.7. The molecule has 1 amide bonds. The van der Waals surface area contributed by atoms with Crippen LogP contribution >= 0.6 is 23.4 Å². The molecule has 0 fully saturated rings. The molecule has 0 saturated heterocycles. The van der Waals surface area contributed by atoms with E-state index in [1.165, 1.54) is 0 Å². The Morgan fingerprint density at radius 2 is 1.95 bits per heavy atom. The average molecular weight is 301 g/mol. The monoisotopic (exact) mass is 300 g/mol. The van der Waals surface area contributed by atoms with Crippen LogP contribution in [0.15, 0.2) is 18.2 Å². The number of amides is 1. The number of carbonyl (C=O) groups is 1. The maximum Gasteiger partial charge on any atom is 0.237 e. The van der Waals surface area contributed by atoms with Gasteiger partial charge in [-0.05, 0) is 31.0 Å². The van der Waals surface area contributed by atoms with E-state index in [0.717, 1.165) is 0 Å². The lowest BCUT2D eigenvalue weighted by atomic mass is 10.2. The summed E-state index contributed by atoms with van der Waals surface area (Å²) in [5.74, 6) is 0.504. The van der Waals surface area contributed by atoms with Crippen LogP contribution in [0.2, 0.25) is 5.02 Å². The number of carbonyl (C=O) groups excluding carboxylic acids is 1. The average Bonchev–Trinajstić information content (AvgIpc) is 2.32. The molecule has 0 saturated carbocycles. The predicted octanol–water partition coefficient (Wildman–Crippen LogP) is 4.03. The van der Waals surface area contributed by atoms with Gasteiger partial charge in [-0.25, -0.2) is 0 Å². The van der Waals surface area contributed by atoms with Crippen LogP contribution in [0.4, 0.5) is 11.4 Å². The quantitative estimate of drug-likeness (QED) is 0.807. The highest BCUT2D eigenvalue weighted by Crippen LogP contribution is 2.27. The fraction of sp³-hybridized carbons (Fsp3) is 0.500. The molecule has 1 aromatic rings. The molecular weight excluding hydrogens is 280 g/mol. The molecule has 0 bridgehead atoms. The van der Waals surface area contributed by atoms with Crippen molar-refractivity contribution in [3.63, 3.8) is 0 Å². The van der Waals surface area contributed by atoms with Gasteiger partial charge in [-0.1, -0.05) is 32.4 Å². The molecule has 3 N–H and O–H groups in total. The molecule has 2 unspecified atom stereocenters. The SMILES string of the molecule is CC(SC(C)C(C)C)C(=O)Nc1ccc(N)cc1Cl. The molecule has 3 nitrogen and oxygen atoms in total. The number of nitrogens with one attached hydrogen (secondary N) is 1. The summed E-state index contributed by atoms with van der Waals surface area (Å²) in [6, 6.07) is 5.07. The molecule has 0 aliphatic carbocycles. The third-order valence-corrected chi connectivity index (χ3v) is 4.89. The number of benzene rings is 1. The van der Waals surface area contributed by atoms with E-state index in [9.17, 15) is 4.79 Å². The lowest BCUT2D eigenvalue weighted by molar-refractivity contribution is -0.115. The van der Waals surface area contributed by atoms with E-state index in [2.05, 4.69) is 26.1 Å². The molecule has 0 radical (unpaired) electrons. The van der Waals surface area contributed by atoms with Crippen molar-refractivity contribution in [2.24, 2.45) is 5.92 Å². The topological polar surface area (TPSA) is 55.1 Å². The van der Waals surface area contributed by atoms with Gasteiger partial charge in [-0.15, -0.1) is 11.8 Å². The van der Waals surface area contributed by atoms with Gasteiger partial charge >= 0.3 is 0 Å². The van der Waals surface area contributed by atoms with Crippen molar-refractivity contribution in [1.82, 2.24) is 0 Å². The molecular formula is C14H21ClN2OS. The lowest BCUT2D eigenvalue weighted by Gasteiger charge is -2.20. The summed E-state index contributed by atoms with van der Waals surface area (Å²) in [7, 11) is 0. The second-order valence-electron chi connectivity index (χ2n) is 4.96. The van der Waals surface area contributed by atoms with Crippen LogP contribution in [0.3, 0.4) is 0 Å². The summed E-state index contributed by atoms with van der Waals surface area (Å²) in [6.07, 6.45) is 0. The van der Waals surface area contributed by atoms with E-state index in [4.69, 9.17) is 17.3 Å². The third-order valence-electron chi connectivity index (χ3n) is 2.98. The molecule has 0 heterocycles. The van der Waals surface area contributed by atoms with Crippen molar-refractivity contribution in [2.75, 3.05) is 11.1 Å². The Kier molecular flexibility index (Phi) is 6.01. The van der Waals surface area contributed by atoms with Gasteiger partial charge in [0.2, 0.25) is 5.91 Å². The number of nitrogens with two attached hydrogens (primary N) is 1. The molecule has 0 spiro atoms. The summed E-state index contributed by atoms with van der Waals surface area (Å²) >= 11 is 7.70. The maximum atomic E-state index is 12.1. The number of hydrogen-bond acceptors (Lipinski definition) is 3. The Labute approximate surface area is 124 Å². The van der Waals surface area contributed by atoms with Crippen molar-refractivity contribution >= 4 is 40.6 Å². The van der Waals surface area contributed by atoms with Crippen LogP contribution in [0.25, 0.3) is 0 Å². The standard InChI is InChI=1S/C14H21ClN2OS/c1-8(2)9(3)19-10(4)14(18)17-13-6-5-11(16)7-12(13)15/h5-10H,16H2,1-4H3,(H,17,18). The van der Waals surface area contributed by atoms with E-state index in [-0.39, 0.29) is 11.2 Å². The van der Waals surface area contributed by atoms with Crippen molar-refractivity contribution in [3.05, 3.63) is 23.2 Å². The Hall–Kier alpha value is -0.870. The van der Waals surface area contributed by atoms with Crippen molar-refractivity contribution < 1.29 is 4.79 Å². The van der Waals surface area contributed by atoms with E-state index in [1.807, 2.05) is 6.92 Å². The molecule has 0 aliphatic rings. The number of rotatable bonds is 5. The van der Waals surface area contributed by atoms with E-state index < -0.39 is 0 Å². The van der Waals surface area contributed by atoms with Gasteiger partial charge in [0.05, 0.1) is 16.0 Å².